The maximum Gasteiger partial charge on any atom is 0.181 e. The van der Waals surface area contributed by atoms with Crippen molar-refractivity contribution in [3.8, 4) is 0 Å². The molecule has 0 aliphatic heterocycles. The Balaban J connectivity index is 2.05. The van der Waals surface area contributed by atoms with Crippen molar-refractivity contribution < 1.29 is 9.18 Å². The van der Waals surface area contributed by atoms with Crippen molar-refractivity contribution >= 4 is 11.5 Å². The molecule has 0 radical (unpaired) electrons. The van der Waals surface area contributed by atoms with Crippen LogP contribution in [-0.4, -0.2) is 12.3 Å². The van der Waals surface area contributed by atoms with E-state index in [-0.39, 0.29) is 18.1 Å². The number of hydrogen-bond donors (Lipinski definition) is 1. The zero-order chi connectivity index (χ0) is 13.8. The van der Waals surface area contributed by atoms with E-state index >= 15 is 0 Å². The number of para-hydroxylation sites is 1. The van der Waals surface area contributed by atoms with Gasteiger partial charge in [0.1, 0.15) is 5.82 Å². The van der Waals surface area contributed by atoms with Gasteiger partial charge in [0.25, 0.3) is 0 Å². The van der Waals surface area contributed by atoms with Crippen molar-refractivity contribution in [1.29, 1.82) is 0 Å². The highest BCUT2D eigenvalue weighted by Gasteiger charge is 2.08. The van der Waals surface area contributed by atoms with Crippen molar-refractivity contribution in [2.24, 2.45) is 0 Å². The zero-order valence-electron chi connectivity index (χ0n) is 11.0. The Morgan fingerprint density at radius 2 is 1.84 bits per heavy atom. The van der Waals surface area contributed by atoms with Gasteiger partial charge in [0.15, 0.2) is 5.78 Å². The summed E-state index contributed by atoms with van der Waals surface area (Å²) < 4.78 is 13.4. The first kappa shape index (κ1) is 13.3. The van der Waals surface area contributed by atoms with Crippen molar-refractivity contribution in [2.45, 2.75) is 13.8 Å². The molecular weight excluding hydrogens is 241 g/mol. The fraction of sp³-hybridized carbons (Fsp3) is 0.188. The number of hydrogen-bond acceptors (Lipinski definition) is 2. The molecule has 0 heterocycles. The highest BCUT2D eigenvalue weighted by atomic mass is 19.1. The van der Waals surface area contributed by atoms with E-state index in [2.05, 4.69) is 5.32 Å². The first-order chi connectivity index (χ1) is 9.08. The van der Waals surface area contributed by atoms with Gasteiger partial charge in [-0.25, -0.2) is 4.39 Å². The van der Waals surface area contributed by atoms with Crippen LogP contribution in [-0.2, 0) is 0 Å². The maximum atomic E-state index is 13.4. The van der Waals surface area contributed by atoms with Gasteiger partial charge in [0.05, 0.1) is 12.2 Å². The Morgan fingerprint density at radius 3 is 2.53 bits per heavy atom. The van der Waals surface area contributed by atoms with Gasteiger partial charge in [-0.2, -0.15) is 0 Å². The summed E-state index contributed by atoms with van der Waals surface area (Å²) in [6.07, 6.45) is 0. The number of halogens is 1. The monoisotopic (exact) mass is 257 g/mol. The lowest BCUT2D eigenvalue weighted by Crippen LogP contribution is -2.15. The Hall–Kier alpha value is -2.16. The van der Waals surface area contributed by atoms with E-state index in [1.54, 1.807) is 24.3 Å². The summed E-state index contributed by atoms with van der Waals surface area (Å²) in [6.45, 7) is 4.06. The first-order valence-corrected chi connectivity index (χ1v) is 6.17. The largest absolute Gasteiger partial charge is 0.375 e. The summed E-state index contributed by atoms with van der Waals surface area (Å²) in [5.74, 6) is -0.401. The normalized spacial score (nSPS) is 10.3. The van der Waals surface area contributed by atoms with E-state index in [4.69, 9.17) is 0 Å². The molecule has 0 saturated carbocycles. The topological polar surface area (TPSA) is 29.1 Å². The Bertz CT molecular complexity index is 607. The summed E-state index contributed by atoms with van der Waals surface area (Å²) >= 11 is 0. The average molecular weight is 257 g/mol. The summed E-state index contributed by atoms with van der Waals surface area (Å²) in [5, 5.41) is 2.82. The third-order valence-electron chi connectivity index (χ3n) is 3.14. The fourth-order valence-corrected chi connectivity index (χ4v) is 1.80. The Labute approximate surface area is 112 Å². The van der Waals surface area contributed by atoms with Crippen molar-refractivity contribution in [3.63, 3.8) is 0 Å². The van der Waals surface area contributed by atoms with Gasteiger partial charge in [-0.05, 0) is 43.2 Å². The number of anilines is 1. The molecule has 0 bridgehead atoms. The molecule has 0 unspecified atom stereocenters. The van der Waals surface area contributed by atoms with E-state index in [1.165, 1.54) is 6.07 Å². The second-order valence-electron chi connectivity index (χ2n) is 4.56. The molecule has 2 aromatic rings. The van der Waals surface area contributed by atoms with Gasteiger partial charge >= 0.3 is 0 Å². The maximum absolute atomic E-state index is 13.4. The van der Waals surface area contributed by atoms with Crippen LogP contribution in [0.2, 0.25) is 0 Å². The number of carbonyl (C=O) groups is 1. The average Bonchev–Trinajstić information content (AvgIpc) is 2.40. The highest BCUT2D eigenvalue weighted by molar-refractivity contribution is 5.99. The lowest BCUT2D eigenvalue weighted by atomic mass is 10.0. The minimum Gasteiger partial charge on any atom is -0.375 e. The minimum atomic E-state index is -0.351. The van der Waals surface area contributed by atoms with Gasteiger partial charge in [-0.3, -0.25) is 4.79 Å². The van der Waals surface area contributed by atoms with Crippen LogP contribution in [0, 0.1) is 19.7 Å². The second kappa shape index (κ2) is 5.65. The van der Waals surface area contributed by atoms with Gasteiger partial charge in [-0.1, -0.05) is 24.3 Å². The summed E-state index contributed by atoms with van der Waals surface area (Å²) in [4.78, 5) is 12.0. The molecule has 0 aliphatic rings. The lowest BCUT2D eigenvalue weighted by molar-refractivity contribution is 0.101. The van der Waals surface area contributed by atoms with Crippen molar-refractivity contribution in [2.75, 3.05) is 11.9 Å². The molecule has 98 valence electrons. The lowest BCUT2D eigenvalue weighted by Gasteiger charge is -2.08. The minimum absolute atomic E-state index is 0.0497. The molecular formula is C16H16FNO. The molecule has 0 amide bonds. The number of rotatable bonds is 4. The molecule has 19 heavy (non-hydrogen) atoms. The molecule has 2 aromatic carbocycles. The molecule has 0 spiro atoms. The van der Waals surface area contributed by atoms with E-state index in [0.29, 0.717) is 11.3 Å². The molecule has 2 nitrogen and oxygen atoms in total. The summed E-state index contributed by atoms with van der Waals surface area (Å²) in [7, 11) is 0. The zero-order valence-corrected chi connectivity index (χ0v) is 11.0. The molecule has 0 aliphatic carbocycles. The Morgan fingerprint density at radius 1 is 1.11 bits per heavy atom. The van der Waals surface area contributed by atoms with Crippen LogP contribution in [0.1, 0.15) is 21.5 Å². The van der Waals surface area contributed by atoms with Crippen molar-refractivity contribution in [3.05, 3.63) is 65.0 Å². The van der Waals surface area contributed by atoms with Crippen LogP contribution in [0.3, 0.4) is 0 Å². The van der Waals surface area contributed by atoms with Crippen molar-refractivity contribution in [1.82, 2.24) is 0 Å². The number of nitrogens with one attached hydrogen (secondary N) is 1. The quantitative estimate of drug-likeness (QED) is 0.845. The first-order valence-electron chi connectivity index (χ1n) is 6.17. The third kappa shape index (κ3) is 3.19. The molecule has 0 aromatic heterocycles. The molecule has 0 fully saturated rings. The van der Waals surface area contributed by atoms with E-state index < -0.39 is 0 Å². The number of Topliss-reactive ketones (excluding diaryl/α,β-unsaturated/α-hetero) is 1. The third-order valence-corrected chi connectivity index (χ3v) is 3.14. The van der Waals surface area contributed by atoms with E-state index in [0.717, 1.165) is 11.1 Å². The smallest absolute Gasteiger partial charge is 0.181 e. The van der Waals surface area contributed by atoms with Gasteiger partial charge < -0.3 is 5.32 Å². The molecule has 0 saturated heterocycles. The molecule has 1 N–H and O–H groups in total. The van der Waals surface area contributed by atoms with Crippen LogP contribution < -0.4 is 5.32 Å². The predicted molar refractivity (Wildman–Crippen MR) is 75.1 cm³/mol. The van der Waals surface area contributed by atoms with Gasteiger partial charge in [0.2, 0.25) is 0 Å². The van der Waals surface area contributed by atoms with Crippen LogP contribution in [0.4, 0.5) is 10.1 Å². The van der Waals surface area contributed by atoms with Crippen LogP contribution in [0.25, 0.3) is 0 Å². The standard InChI is InChI=1S/C16H16FNO/c1-11-7-8-13(9-12(11)2)16(19)10-18-15-6-4-3-5-14(15)17/h3-9,18H,10H2,1-2H3. The van der Waals surface area contributed by atoms with Gasteiger partial charge in [0, 0.05) is 5.56 Å². The van der Waals surface area contributed by atoms with E-state index in [9.17, 15) is 9.18 Å². The van der Waals surface area contributed by atoms with E-state index in [1.807, 2.05) is 26.0 Å². The highest BCUT2D eigenvalue weighted by Crippen LogP contribution is 2.14. The summed E-state index contributed by atoms with van der Waals surface area (Å²) in [6, 6.07) is 11.9. The van der Waals surface area contributed by atoms with Gasteiger partial charge in [-0.15, -0.1) is 0 Å². The number of carbonyl (C=O) groups excluding carboxylic acids is 1. The SMILES string of the molecule is Cc1ccc(C(=O)CNc2ccccc2F)cc1C. The molecule has 3 heteroatoms. The fourth-order valence-electron chi connectivity index (χ4n) is 1.80. The second-order valence-corrected chi connectivity index (χ2v) is 4.56. The summed E-state index contributed by atoms with van der Waals surface area (Å²) in [5.41, 5.74) is 3.22. The van der Waals surface area contributed by atoms with Crippen LogP contribution in [0.5, 0.6) is 0 Å². The number of aryl methyl sites for hydroxylation is 2. The van der Waals surface area contributed by atoms with Crippen LogP contribution in [0.15, 0.2) is 42.5 Å². The predicted octanol–water partition coefficient (Wildman–Crippen LogP) is 3.74. The number of ketones is 1. The number of benzene rings is 2. The molecule has 2 rings (SSSR count). The van der Waals surface area contributed by atoms with Crippen LogP contribution >= 0.6 is 0 Å². The Kier molecular flexibility index (Phi) is 3.95. The molecule has 0 atom stereocenters.